The molecule has 1 saturated heterocycles. The van der Waals surface area contributed by atoms with Crippen LogP contribution < -0.4 is 9.64 Å². The lowest BCUT2D eigenvalue weighted by atomic mass is 9.92. The summed E-state index contributed by atoms with van der Waals surface area (Å²) in [7, 11) is 0. The maximum Gasteiger partial charge on any atom is 0.225 e. The van der Waals surface area contributed by atoms with Gasteiger partial charge in [0.25, 0.3) is 0 Å². The molecule has 0 atom stereocenters. The van der Waals surface area contributed by atoms with Crippen molar-refractivity contribution in [3.63, 3.8) is 0 Å². The Morgan fingerprint density at radius 3 is 2.58 bits per heavy atom. The van der Waals surface area contributed by atoms with Gasteiger partial charge in [-0.05, 0) is 43.6 Å². The number of rotatable bonds is 7. The number of hydrogen-bond acceptors (Lipinski definition) is 4. The van der Waals surface area contributed by atoms with Gasteiger partial charge < -0.3 is 9.64 Å². The molecule has 1 aliphatic rings. The van der Waals surface area contributed by atoms with Crippen LogP contribution in [-0.4, -0.2) is 29.7 Å². The monoisotopic (exact) mass is 360 g/mol. The van der Waals surface area contributed by atoms with Crippen LogP contribution in [-0.2, 0) is 6.42 Å². The lowest BCUT2D eigenvalue weighted by molar-refractivity contribution is 0.276. The molecular formula is C20H24F2N3O. The fraction of sp³-hybridized carbons (Fsp3) is 0.500. The van der Waals surface area contributed by atoms with Crippen molar-refractivity contribution in [3.05, 3.63) is 47.8 Å². The first-order valence-electron chi connectivity index (χ1n) is 9.21. The molecule has 0 aliphatic carbocycles. The summed E-state index contributed by atoms with van der Waals surface area (Å²) in [5.41, 5.74) is 1.15. The molecule has 1 aromatic carbocycles. The summed E-state index contributed by atoms with van der Waals surface area (Å²) in [5, 5.41) is 0. The molecule has 0 amide bonds. The third-order valence-corrected chi connectivity index (χ3v) is 4.79. The molecule has 139 valence electrons. The van der Waals surface area contributed by atoms with Crippen LogP contribution >= 0.6 is 0 Å². The molecular weight excluding hydrogens is 336 g/mol. The lowest BCUT2D eigenvalue weighted by Crippen LogP contribution is -2.35. The number of ether oxygens (including phenoxy) is 1. The standard InChI is InChI=1S/C20H24F2N3O/c1-2-15-13-23-20(24-14-15)25-7-5-16(6-8-25)4-3-9-26-19-11-17(21)10-18(22)12-19/h10-11,13-14,16H,2-9H2,1H3. The predicted octanol–water partition coefficient (Wildman–Crippen LogP) is 4.19. The number of halogens is 2. The molecule has 26 heavy (non-hydrogen) atoms. The van der Waals surface area contributed by atoms with E-state index in [1.54, 1.807) is 0 Å². The van der Waals surface area contributed by atoms with E-state index in [4.69, 9.17) is 4.74 Å². The summed E-state index contributed by atoms with van der Waals surface area (Å²) >= 11 is 0. The van der Waals surface area contributed by atoms with Gasteiger partial charge in [0.1, 0.15) is 17.4 Å². The second-order valence-corrected chi connectivity index (χ2v) is 6.68. The van der Waals surface area contributed by atoms with Crippen molar-refractivity contribution < 1.29 is 13.5 Å². The van der Waals surface area contributed by atoms with E-state index < -0.39 is 11.6 Å². The molecule has 0 spiro atoms. The maximum absolute atomic E-state index is 13.1. The highest BCUT2D eigenvalue weighted by Gasteiger charge is 2.20. The van der Waals surface area contributed by atoms with Crippen LogP contribution in [0.25, 0.3) is 0 Å². The molecule has 0 unspecified atom stereocenters. The molecule has 1 aliphatic heterocycles. The Hall–Kier alpha value is -2.24. The van der Waals surface area contributed by atoms with E-state index in [0.717, 1.165) is 68.8 Å². The number of benzene rings is 1. The van der Waals surface area contributed by atoms with Gasteiger partial charge in [-0.1, -0.05) is 6.92 Å². The van der Waals surface area contributed by atoms with Crippen molar-refractivity contribution >= 4 is 5.95 Å². The minimum atomic E-state index is -0.735. The first-order valence-corrected chi connectivity index (χ1v) is 9.21. The van der Waals surface area contributed by atoms with E-state index in [2.05, 4.69) is 27.9 Å². The Morgan fingerprint density at radius 1 is 1.19 bits per heavy atom. The highest BCUT2D eigenvalue weighted by atomic mass is 19.1. The van der Waals surface area contributed by atoms with Crippen LogP contribution in [0.4, 0.5) is 14.7 Å². The minimum Gasteiger partial charge on any atom is -0.493 e. The van der Waals surface area contributed by atoms with E-state index in [9.17, 15) is 8.78 Å². The second-order valence-electron chi connectivity index (χ2n) is 6.68. The van der Waals surface area contributed by atoms with Crippen LogP contribution in [0.1, 0.15) is 38.2 Å². The van der Waals surface area contributed by atoms with Crippen molar-refractivity contribution in [2.75, 3.05) is 24.6 Å². The van der Waals surface area contributed by atoms with Gasteiger partial charge in [0.05, 0.1) is 12.7 Å². The average molecular weight is 360 g/mol. The van der Waals surface area contributed by atoms with Crippen molar-refractivity contribution in [1.29, 1.82) is 0 Å². The minimum absolute atomic E-state index is 0.130. The Morgan fingerprint density at radius 2 is 1.92 bits per heavy atom. The van der Waals surface area contributed by atoms with Crippen LogP contribution in [0, 0.1) is 23.6 Å². The van der Waals surface area contributed by atoms with Gasteiger partial charge in [0.15, 0.2) is 0 Å². The number of aromatic nitrogens is 2. The molecule has 1 radical (unpaired) electrons. The van der Waals surface area contributed by atoms with Crippen LogP contribution in [0.5, 0.6) is 5.75 Å². The summed E-state index contributed by atoms with van der Waals surface area (Å²) in [4.78, 5) is 11.1. The summed E-state index contributed by atoms with van der Waals surface area (Å²) in [5.74, 6) is 0.204. The highest BCUT2D eigenvalue weighted by Crippen LogP contribution is 2.24. The van der Waals surface area contributed by atoms with E-state index >= 15 is 0 Å². The molecule has 0 saturated carbocycles. The molecule has 3 rings (SSSR count). The fourth-order valence-electron chi connectivity index (χ4n) is 3.23. The molecule has 2 aromatic rings. The summed E-state index contributed by atoms with van der Waals surface area (Å²) < 4.78 is 31.6. The van der Waals surface area contributed by atoms with Crippen LogP contribution in [0.2, 0.25) is 0 Å². The SMILES string of the molecule is CCc1cnc(N2CCC(CCCOc3[c]c(F)cc(F)c3)CC2)nc1. The van der Waals surface area contributed by atoms with Crippen molar-refractivity contribution in [2.45, 2.75) is 39.0 Å². The maximum atomic E-state index is 13.1. The van der Waals surface area contributed by atoms with Gasteiger partial charge in [0.2, 0.25) is 5.95 Å². The van der Waals surface area contributed by atoms with E-state index in [0.29, 0.717) is 12.5 Å². The number of aryl methyl sites for hydroxylation is 1. The molecule has 0 N–H and O–H groups in total. The molecule has 2 heterocycles. The van der Waals surface area contributed by atoms with Crippen LogP contribution in [0.3, 0.4) is 0 Å². The summed E-state index contributed by atoms with van der Waals surface area (Å²) in [6.07, 6.45) is 8.85. The van der Waals surface area contributed by atoms with Gasteiger partial charge in [-0.25, -0.2) is 18.7 Å². The largest absolute Gasteiger partial charge is 0.493 e. The molecule has 1 aromatic heterocycles. The Kier molecular flexibility index (Phi) is 6.36. The van der Waals surface area contributed by atoms with Gasteiger partial charge in [-0.15, -0.1) is 0 Å². The Labute approximate surface area is 153 Å². The lowest BCUT2D eigenvalue weighted by Gasteiger charge is -2.32. The number of hydrogen-bond donors (Lipinski definition) is 0. The molecule has 4 nitrogen and oxygen atoms in total. The van der Waals surface area contributed by atoms with Gasteiger partial charge >= 0.3 is 0 Å². The first kappa shape index (κ1) is 18.5. The predicted molar refractivity (Wildman–Crippen MR) is 96.3 cm³/mol. The third-order valence-electron chi connectivity index (χ3n) is 4.79. The number of anilines is 1. The Balaban J connectivity index is 1.37. The summed E-state index contributed by atoms with van der Waals surface area (Å²) in [6.45, 7) is 4.46. The normalized spacial score (nSPS) is 15.3. The highest BCUT2D eigenvalue weighted by molar-refractivity contribution is 5.30. The fourth-order valence-corrected chi connectivity index (χ4v) is 3.23. The zero-order valence-electron chi connectivity index (χ0n) is 15.0. The van der Waals surface area contributed by atoms with Crippen molar-refractivity contribution in [2.24, 2.45) is 5.92 Å². The van der Waals surface area contributed by atoms with Gasteiger partial charge in [-0.3, -0.25) is 0 Å². The van der Waals surface area contributed by atoms with E-state index in [1.165, 1.54) is 0 Å². The number of piperidine rings is 1. The van der Waals surface area contributed by atoms with E-state index in [-0.39, 0.29) is 5.75 Å². The van der Waals surface area contributed by atoms with E-state index in [1.807, 2.05) is 12.4 Å². The first-order chi connectivity index (χ1) is 12.6. The molecule has 6 heteroatoms. The van der Waals surface area contributed by atoms with Gasteiger partial charge in [0, 0.05) is 37.6 Å². The molecule has 0 bridgehead atoms. The van der Waals surface area contributed by atoms with Crippen molar-refractivity contribution in [3.8, 4) is 5.75 Å². The van der Waals surface area contributed by atoms with Gasteiger partial charge in [-0.2, -0.15) is 0 Å². The van der Waals surface area contributed by atoms with Crippen LogP contribution in [0.15, 0.2) is 24.5 Å². The Bertz CT molecular complexity index is 680. The van der Waals surface area contributed by atoms with Crippen molar-refractivity contribution in [1.82, 2.24) is 9.97 Å². The summed E-state index contributed by atoms with van der Waals surface area (Å²) in [6, 6.07) is 4.32. The third kappa shape index (κ3) is 5.13. The quantitative estimate of drug-likeness (QED) is 0.694. The molecule has 1 fully saturated rings. The zero-order chi connectivity index (χ0) is 18.4. The topological polar surface area (TPSA) is 38.2 Å². The zero-order valence-corrected chi connectivity index (χ0v) is 15.0. The number of nitrogens with zero attached hydrogens (tertiary/aromatic N) is 3. The smallest absolute Gasteiger partial charge is 0.225 e. The average Bonchev–Trinajstić information content (AvgIpc) is 2.65. The second kappa shape index (κ2) is 8.92.